The molecule has 2 unspecified atom stereocenters. The van der Waals surface area contributed by atoms with Gasteiger partial charge in [-0.05, 0) is 23.3 Å². The summed E-state index contributed by atoms with van der Waals surface area (Å²) in [4.78, 5) is 11.6. The van der Waals surface area contributed by atoms with E-state index in [0.717, 1.165) is 0 Å². The van der Waals surface area contributed by atoms with Crippen molar-refractivity contribution in [3.63, 3.8) is 0 Å². The van der Waals surface area contributed by atoms with Gasteiger partial charge in [-0.15, -0.1) is 11.8 Å². The van der Waals surface area contributed by atoms with Crippen LogP contribution in [0.2, 0.25) is 0 Å². The van der Waals surface area contributed by atoms with Crippen LogP contribution in [0.25, 0.3) is 10.8 Å². The molecule has 0 radical (unpaired) electrons. The molecule has 2 atom stereocenters. The van der Waals surface area contributed by atoms with Gasteiger partial charge in [0.1, 0.15) is 5.37 Å². The van der Waals surface area contributed by atoms with Gasteiger partial charge < -0.3 is 5.32 Å². The van der Waals surface area contributed by atoms with Crippen LogP contribution in [0.4, 0.5) is 0 Å². The van der Waals surface area contributed by atoms with E-state index in [-0.39, 0.29) is 16.5 Å². The first-order chi connectivity index (χ1) is 8.25. The van der Waals surface area contributed by atoms with Crippen LogP contribution in [-0.4, -0.2) is 11.2 Å². The van der Waals surface area contributed by atoms with Crippen molar-refractivity contribution in [3.05, 3.63) is 48.0 Å². The number of carbonyl (C=O) groups excluding carboxylic acids is 1. The highest BCUT2D eigenvalue weighted by Crippen LogP contribution is 2.38. The smallest absolute Gasteiger partial charge is 0.234 e. The summed E-state index contributed by atoms with van der Waals surface area (Å²) in [6, 6.07) is 14.5. The van der Waals surface area contributed by atoms with Gasteiger partial charge in [-0.2, -0.15) is 0 Å². The first-order valence-electron chi connectivity index (χ1n) is 5.69. The van der Waals surface area contributed by atoms with Gasteiger partial charge in [0, 0.05) is 0 Å². The van der Waals surface area contributed by atoms with Crippen LogP contribution < -0.4 is 5.32 Å². The van der Waals surface area contributed by atoms with Gasteiger partial charge in [0.05, 0.1) is 5.25 Å². The fourth-order valence-electron chi connectivity index (χ4n) is 2.18. The molecular weight excluding hydrogens is 230 g/mol. The van der Waals surface area contributed by atoms with E-state index in [4.69, 9.17) is 0 Å². The number of carbonyl (C=O) groups is 1. The maximum atomic E-state index is 11.6. The van der Waals surface area contributed by atoms with Crippen molar-refractivity contribution in [2.24, 2.45) is 0 Å². The topological polar surface area (TPSA) is 29.1 Å². The number of fused-ring (bicyclic) bond motifs is 1. The van der Waals surface area contributed by atoms with E-state index in [2.05, 4.69) is 29.6 Å². The molecule has 17 heavy (non-hydrogen) atoms. The van der Waals surface area contributed by atoms with Gasteiger partial charge in [0.2, 0.25) is 5.91 Å². The molecule has 1 amide bonds. The SMILES string of the molecule is CC1SC(c2cccc3ccccc23)NC1=O. The second-order valence-corrected chi connectivity index (χ2v) is 5.69. The summed E-state index contributed by atoms with van der Waals surface area (Å²) in [6.07, 6.45) is 0. The highest BCUT2D eigenvalue weighted by Gasteiger charge is 2.30. The molecule has 2 aromatic rings. The van der Waals surface area contributed by atoms with Gasteiger partial charge in [-0.3, -0.25) is 4.79 Å². The molecule has 0 aliphatic carbocycles. The minimum Gasteiger partial charge on any atom is -0.339 e. The second kappa shape index (κ2) is 4.08. The Morgan fingerprint density at radius 1 is 1.12 bits per heavy atom. The first-order valence-corrected chi connectivity index (χ1v) is 6.63. The summed E-state index contributed by atoms with van der Waals surface area (Å²) in [5, 5.41) is 5.61. The van der Waals surface area contributed by atoms with Crippen molar-refractivity contribution in [2.75, 3.05) is 0 Å². The van der Waals surface area contributed by atoms with Crippen LogP contribution in [-0.2, 0) is 4.79 Å². The molecule has 86 valence electrons. The van der Waals surface area contributed by atoms with Crippen LogP contribution in [0.3, 0.4) is 0 Å². The van der Waals surface area contributed by atoms with E-state index in [9.17, 15) is 4.79 Å². The maximum absolute atomic E-state index is 11.6. The summed E-state index contributed by atoms with van der Waals surface area (Å²) in [5.74, 6) is 0.132. The maximum Gasteiger partial charge on any atom is 0.234 e. The zero-order chi connectivity index (χ0) is 11.8. The largest absolute Gasteiger partial charge is 0.339 e. The number of thioether (sulfide) groups is 1. The predicted octanol–water partition coefficient (Wildman–Crippen LogP) is 3.09. The molecule has 0 spiro atoms. The molecule has 1 N–H and O–H groups in total. The second-order valence-electron chi connectivity index (χ2n) is 4.24. The van der Waals surface area contributed by atoms with E-state index >= 15 is 0 Å². The lowest BCUT2D eigenvalue weighted by Gasteiger charge is -2.12. The lowest BCUT2D eigenvalue weighted by molar-refractivity contribution is -0.119. The number of nitrogens with one attached hydrogen (secondary N) is 1. The number of rotatable bonds is 1. The van der Waals surface area contributed by atoms with Crippen molar-refractivity contribution in [2.45, 2.75) is 17.5 Å². The average Bonchev–Trinajstić information content (AvgIpc) is 2.69. The molecule has 3 heteroatoms. The Bertz CT molecular complexity index is 576. The summed E-state index contributed by atoms with van der Waals surface area (Å²) in [5.41, 5.74) is 1.20. The molecular formula is C14H13NOS. The zero-order valence-corrected chi connectivity index (χ0v) is 10.3. The third-order valence-electron chi connectivity index (χ3n) is 3.09. The Hall–Kier alpha value is -1.48. The van der Waals surface area contributed by atoms with Gasteiger partial charge in [-0.25, -0.2) is 0 Å². The summed E-state index contributed by atoms with van der Waals surface area (Å²) < 4.78 is 0. The van der Waals surface area contributed by atoms with E-state index in [1.807, 2.05) is 25.1 Å². The fraction of sp³-hybridized carbons (Fsp3) is 0.214. The molecule has 0 aromatic heterocycles. The molecule has 1 saturated heterocycles. The minimum absolute atomic E-state index is 0.0407. The number of hydrogen-bond acceptors (Lipinski definition) is 2. The van der Waals surface area contributed by atoms with Crippen LogP contribution in [0.5, 0.6) is 0 Å². The van der Waals surface area contributed by atoms with E-state index in [1.165, 1.54) is 16.3 Å². The van der Waals surface area contributed by atoms with Gasteiger partial charge in [0.15, 0.2) is 0 Å². The minimum atomic E-state index is 0.0407. The third kappa shape index (κ3) is 1.80. The molecule has 1 aliphatic rings. The van der Waals surface area contributed by atoms with Crippen molar-refractivity contribution in [3.8, 4) is 0 Å². The highest BCUT2D eigenvalue weighted by molar-refractivity contribution is 8.01. The quantitative estimate of drug-likeness (QED) is 0.834. The van der Waals surface area contributed by atoms with Crippen molar-refractivity contribution < 1.29 is 4.79 Å². The Balaban J connectivity index is 2.09. The molecule has 1 heterocycles. The Labute approximate surface area is 104 Å². The molecule has 0 saturated carbocycles. The fourth-order valence-corrected chi connectivity index (χ4v) is 3.31. The third-order valence-corrected chi connectivity index (χ3v) is 4.35. The van der Waals surface area contributed by atoms with Crippen LogP contribution in [0.1, 0.15) is 17.9 Å². The average molecular weight is 243 g/mol. The molecule has 2 nitrogen and oxygen atoms in total. The molecule has 2 aromatic carbocycles. The highest BCUT2D eigenvalue weighted by atomic mass is 32.2. The summed E-state index contributed by atoms with van der Waals surface area (Å²) in [6.45, 7) is 1.95. The predicted molar refractivity (Wildman–Crippen MR) is 71.9 cm³/mol. The standard InChI is InChI=1S/C14H13NOS/c1-9-13(16)15-14(17-9)12-8-4-6-10-5-2-3-7-11(10)12/h2-9,14H,1H3,(H,15,16). The molecule has 1 aliphatic heterocycles. The molecule has 0 bridgehead atoms. The van der Waals surface area contributed by atoms with Crippen LogP contribution in [0, 0.1) is 0 Å². The summed E-state index contributed by atoms with van der Waals surface area (Å²) in [7, 11) is 0. The lowest BCUT2D eigenvalue weighted by Crippen LogP contribution is -2.22. The van der Waals surface area contributed by atoms with E-state index in [0.29, 0.717) is 0 Å². The van der Waals surface area contributed by atoms with Gasteiger partial charge in [-0.1, -0.05) is 42.5 Å². The number of benzene rings is 2. The number of hydrogen-bond donors (Lipinski definition) is 1. The van der Waals surface area contributed by atoms with E-state index in [1.54, 1.807) is 11.8 Å². The van der Waals surface area contributed by atoms with Crippen molar-refractivity contribution in [1.29, 1.82) is 0 Å². The Morgan fingerprint density at radius 2 is 1.88 bits per heavy atom. The van der Waals surface area contributed by atoms with Crippen LogP contribution >= 0.6 is 11.8 Å². The Morgan fingerprint density at radius 3 is 2.65 bits per heavy atom. The molecule has 1 fully saturated rings. The summed E-state index contributed by atoms with van der Waals surface area (Å²) >= 11 is 1.68. The van der Waals surface area contributed by atoms with Gasteiger partial charge in [0.25, 0.3) is 0 Å². The zero-order valence-electron chi connectivity index (χ0n) is 9.51. The normalized spacial score (nSPS) is 23.9. The monoisotopic (exact) mass is 243 g/mol. The lowest BCUT2D eigenvalue weighted by atomic mass is 10.0. The van der Waals surface area contributed by atoms with E-state index < -0.39 is 0 Å². The van der Waals surface area contributed by atoms with Crippen LogP contribution in [0.15, 0.2) is 42.5 Å². The van der Waals surface area contributed by atoms with Crippen molar-refractivity contribution in [1.82, 2.24) is 5.32 Å². The van der Waals surface area contributed by atoms with Crippen molar-refractivity contribution >= 4 is 28.4 Å². The molecule has 3 rings (SSSR count). The Kier molecular flexibility index (Phi) is 2.56. The van der Waals surface area contributed by atoms with Gasteiger partial charge >= 0.3 is 0 Å². The first kappa shape index (κ1) is 10.7. The number of amides is 1.